The van der Waals surface area contributed by atoms with Crippen LogP contribution in [0.4, 0.5) is 4.79 Å². The first kappa shape index (κ1) is 17.5. The van der Waals surface area contributed by atoms with E-state index in [4.69, 9.17) is 9.15 Å². The maximum absolute atomic E-state index is 11.9. The molecule has 0 aromatic carbocycles. The molecule has 1 aromatic rings. The van der Waals surface area contributed by atoms with Gasteiger partial charge in [-0.05, 0) is 13.3 Å². The average Bonchev–Trinajstić information content (AvgIpc) is 3.11. The third-order valence-corrected chi connectivity index (χ3v) is 3.92. The highest BCUT2D eigenvalue weighted by Crippen LogP contribution is 2.25. The molecule has 1 aromatic heterocycles. The number of urea groups is 1. The Morgan fingerprint density at radius 2 is 2.17 bits per heavy atom. The van der Waals surface area contributed by atoms with Gasteiger partial charge in [0.15, 0.2) is 0 Å². The predicted octanol–water partition coefficient (Wildman–Crippen LogP) is 2.75. The Balaban J connectivity index is 1.75. The van der Waals surface area contributed by atoms with Crippen molar-refractivity contribution in [2.45, 2.75) is 52.2 Å². The topological polar surface area (TPSA) is 76.4 Å². The van der Waals surface area contributed by atoms with Crippen LogP contribution < -0.4 is 10.6 Å². The zero-order chi connectivity index (χ0) is 17.0. The molecule has 6 heteroatoms. The quantitative estimate of drug-likeness (QED) is 0.818. The van der Waals surface area contributed by atoms with Crippen molar-refractivity contribution in [1.29, 1.82) is 0 Å². The molecule has 0 aliphatic carbocycles. The molecule has 2 atom stereocenters. The van der Waals surface area contributed by atoms with Gasteiger partial charge in [0.05, 0.1) is 18.8 Å². The normalized spacial score (nSPS) is 21.2. The fraction of sp³-hybridized carbons (Fsp3) is 0.647. The predicted molar refractivity (Wildman–Crippen MR) is 88.1 cm³/mol. The Morgan fingerprint density at radius 3 is 2.78 bits per heavy atom. The maximum Gasteiger partial charge on any atom is 0.315 e. The molecular formula is C17H27N3O3. The number of amides is 2. The molecule has 23 heavy (non-hydrogen) atoms. The fourth-order valence-corrected chi connectivity index (χ4v) is 2.57. The lowest BCUT2D eigenvalue weighted by Gasteiger charge is -2.19. The Labute approximate surface area is 137 Å². The minimum atomic E-state index is -0.229. The van der Waals surface area contributed by atoms with Crippen molar-refractivity contribution in [2.75, 3.05) is 13.2 Å². The molecule has 0 spiro atoms. The van der Waals surface area contributed by atoms with Gasteiger partial charge < -0.3 is 19.8 Å². The van der Waals surface area contributed by atoms with E-state index in [1.165, 1.54) is 0 Å². The second kappa shape index (κ2) is 7.17. The van der Waals surface area contributed by atoms with Crippen LogP contribution in [0.1, 0.15) is 45.8 Å². The molecule has 6 nitrogen and oxygen atoms in total. The summed E-state index contributed by atoms with van der Waals surface area (Å²) in [4.78, 5) is 16.1. The van der Waals surface area contributed by atoms with E-state index in [1.807, 2.05) is 6.92 Å². The zero-order valence-corrected chi connectivity index (χ0v) is 14.4. The molecule has 1 aliphatic heterocycles. The SMILES string of the molecule is C=C(C)C1OCCC1CNC(=O)NCc1ncc(C(C)(C)C)o1. The molecule has 2 rings (SSSR count). The lowest BCUT2D eigenvalue weighted by Crippen LogP contribution is -2.39. The van der Waals surface area contributed by atoms with Gasteiger partial charge in [-0.3, -0.25) is 0 Å². The summed E-state index contributed by atoms with van der Waals surface area (Å²) in [6.07, 6.45) is 2.69. The van der Waals surface area contributed by atoms with Crippen molar-refractivity contribution >= 4 is 6.03 Å². The Morgan fingerprint density at radius 1 is 1.43 bits per heavy atom. The number of hydrogen-bond acceptors (Lipinski definition) is 4. The number of nitrogens with zero attached hydrogens (tertiary/aromatic N) is 1. The highest BCUT2D eigenvalue weighted by atomic mass is 16.5. The van der Waals surface area contributed by atoms with Gasteiger partial charge in [0, 0.05) is 24.5 Å². The highest BCUT2D eigenvalue weighted by Gasteiger charge is 2.28. The molecule has 0 saturated carbocycles. The van der Waals surface area contributed by atoms with Gasteiger partial charge in [0.2, 0.25) is 5.89 Å². The van der Waals surface area contributed by atoms with Crippen molar-refractivity contribution in [3.63, 3.8) is 0 Å². The monoisotopic (exact) mass is 321 g/mol. The molecule has 0 bridgehead atoms. The Bertz CT molecular complexity index is 560. The first-order chi connectivity index (χ1) is 10.8. The van der Waals surface area contributed by atoms with Gasteiger partial charge in [-0.2, -0.15) is 0 Å². The van der Waals surface area contributed by atoms with E-state index in [-0.39, 0.29) is 30.0 Å². The highest BCUT2D eigenvalue weighted by molar-refractivity contribution is 5.73. The number of ether oxygens (including phenoxy) is 1. The summed E-state index contributed by atoms with van der Waals surface area (Å²) in [6.45, 7) is 13.6. The van der Waals surface area contributed by atoms with E-state index in [0.29, 0.717) is 12.4 Å². The van der Waals surface area contributed by atoms with Crippen molar-refractivity contribution in [2.24, 2.45) is 5.92 Å². The van der Waals surface area contributed by atoms with Gasteiger partial charge >= 0.3 is 6.03 Å². The molecule has 1 aliphatic rings. The van der Waals surface area contributed by atoms with Crippen LogP contribution in [0.15, 0.2) is 22.8 Å². The van der Waals surface area contributed by atoms with Crippen molar-refractivity contribution in [3.8, 4) is 0 Å². The van der Waals surface area contributed by atoms with Gasteiger partial charge in [0.1, 0.15) is 5.76 Å². The van der Waals surface area contributed by atoms with Crippen LogP contribution in [0, 0.1) is 5.92 Å². The summed E-state index contributed by atoms with van der Waals surface area (Å²) in [5, 5.41) is 5.64. The van der Waals surface area contributed by atoms with E-state index in [9.17, 15) is 4.79 Å². The van der Waals surface area contributed by atoms with Gasteiger partial charge in [-0.1, -0.05) is 32.9 Å². The summed E-state index contributed by atoms with van der Waals surface area (Å²) < 4.78 is 11.3. The summed E-state index contributed by atoms with van der Waals surface area (Å²) in [7, 11) is 0. The summed E-state index contributed by atoms with van der Waals surface area (Å²) in [5.74, 6) is 1.60. The van der Waals surface area contributed by atoms with Crippen molar-refractivity contribution in [3.05, 3.63) is 30.0 Å². The number of hydrogen-bond donors (Lipinski definition) is 2. The Kier molecular flexibility index (Phi) is 5.46. The zero-order valence-electron chi connectivity index (χ0n) is 14.4. The molecule has 2 heterocycles. The molecule has 1 fully saturated rings. The first-order valence-electron chi connectivity index (χ1n) is 8.01. The standard InChI is InChI=1S/C17H27N3O3/c1-11(2)15-12(6-7-22-15)8-19-16(21)20-10-14-18-9-13(23-14)17(3,4)5/h9,12,15H,1,6-8,10H2,2-5H3,(H2,19,20,21). The van der Waals surface area contributed by atoms with Crippen LogP contribution in [0.3, 0.4) is 0 Å². The van der Waals surface area contributed by atoms with Crippen molar-refractivity contribution < 1.29 is 13.9 Å². The second-order valence-electron chi connectivity index (χ2n) is 7.12. The lowest BCUT2D eigenvalue weighted by atomic mass is 9.94. The Hall–Kier alpha value is -1.82. The van der Waals surface area contributed by atoms with E-state index >= 15 is 0 Å². The number of carbonyl (C=O) groups excluding carboxylic acids is 1. The van der Waals surface area contributed by atoms with Crippen LogP contribution >= 0.6 is 0 Å². The molecular weight excluding hydrogens is 294 g/mol. The smallest absolute Gasteiger partial charge is 0.315 e. The molecule has 1 saturated heterocycles. The largest absolute Gasteiger partial charge is 0.443 e. The third-order valence-electron chi connectivity index (χ3n) is 3.92. The van der Waals surface area contributed by atoms with Crippen LogP contribution in [0.5, 0.6) is 0 Å². The summed E-state index contributed by atoms with van der Waals surface area (Å²) in [5.41, 5.74) is 0.914. The molecule has 128 valence electrons. The van der Waals surface area contributed by atoms with Crippen LogP contribution in [0.2, 0.25) is 0 Å². The second-order valence-corrected chi connectivity index (χ2v) is 7.12. The summed E-state index contributed by atoms with van der Waals surface area (Å²) in [6, 6.07) is -0.229. The van der Waals surface area contributed by atoms with Crippen LogP contribution in [-0.2, 0) is 16.7 Å². The van der Waals surface area contributed by atoms with E-state index < -0.39 is 0 Å². The minimum Gasteiger partial charge on any atom is -0.443 e. The number of aromatic nitrogens is 1. The molecule has 2 N–H and O–H groups in total. The van der Waals surface area contributed by atoms with E-state index in [0.717, 1.165) is 24.4 Å². The van der Waals surface area contributed by atoms with E-state index in [2.05, 4.69) is 43.0 Å². The number of nitrogens with one attached hydrogen (secondary N) is 2. The first-order valence-corrected chi connectivity index (χ1v) is 8.01. The third kappa shape index (κ3) is 4.82. The van der Waals surface area contributed by atoms with Gasteiger partial charge in [0.25, 0.3) is 0 Å². The maximum atomic E-state index is 11.9. The minimum absolute atomic E-state index is 0.0383. The lowest BCUT2D eigenvalue weighted by molar-refractivity contribution is 0.119. The summed E-state index contributed by atoms with van der Waals surface area (Å²) >= 11 is 0. The van der Waals surface area contributed by atoms with Crippen LogP contribution in [-0.4, -0.2) is 30.3 Å². The van der Waals surface area contributed by atoms with Crippen LogP contribution in [0.25, 0.3) is 0 Å². The molecule has 2 amide bonds. The fourth-order valence-electron chi connectivity index (χ4n) is 2.57. The number of carbonyl (C=O) groups is 1. The number of oxazole rings is 1. The molecule has 2 unspecified atom stereocenters. The van der Waals surface area contributed by atoms with Crippen molar-refractivity contribution in [1.82, 2.24) is 15.6 Å². The van der Waals surface area contributed by atoms with Gasteiger partial charge in [-0.25, -0.2) is 9.78 Å². The number of rotatable bonds is 5. The van der Waals surface area contributed by atoms with Gasteiger partial charge in [-0.15, -0.1) is 0 Å². The van der Waals surface area contributed by atoms with E-state index in [1.54, 1.807) is 6.20 Å². The average molecular weight is 321 g/mol. The molecule has 0 radical (unpaired) electrons.